The van der Waals surface area contributed by atoms with Crippen LogP contribution in [0.5, 0.6) is 0 Å². The molecule has 0 unspecified atom stereocenters. The summed E-state index contributed by atoms with van der Waals surface area (Å²) in [7, 11) is 0. The summed E-state index contributed by atoms with van der Waals surface area (Å²) < 4.78 is 39.6. The molecule has 0 saturated heterocycles. The molecule has 1 N–H and O–H groups in total. The van der Waals surface area contributed by atoms with E-state index in [1.54, 1.807) is 0 Å². The second-order valence-corrected chi connectivity index (χ2v) is 4.32. The van der Waals surface area contributed by atoms with Crippen molar-refractivity contribution in [1.29, 1.82) is 0 Å². The molecule has 0 aliphatic carbocycles. The number of carbonyl (C=O) groups is 1. The normalized spacial score (nSPS) is 11.5. The maximum Gasteiger partial charge on any atom is 0.411 e. The van der Waals surface area contributed by atoms with Crippen molar-refractivity contribution in [3.63, 3.8) is 0 Å². The molecule has 0 aliphatic heterocycles. The van der Waals surface area contributed by atoms with E-state index in [1.165, 1.54) is 30.1 Å². The molecule has 0 bridgehead atoms. The quantitative estimate of drug-likeness (QED) is 0.641. The number of hydrogen-bond donors (Lipinski definition) is 1. The van der Waals surface area contributed by atoms with Crippen molar-refractivity contribution in [3.8, 4) is 0 Å². The number of nitrogens with zero attached hydrogens (tertiary/aromatic N) is 1. The third-order valence-corrected chi connectivity index (χ3v) is 2.63. The van der Waals surface area contributed by atoms with E-state index in [9.17, 15) is 18.0 Å². The van der Waals surface area contributed by atoms with Gasteiger partial charge in [0, 0.05) is 11.9 Å². The predicted octanol–water partition coefficient (Wildman–Crippen LogP) is 2.45. The Morgan fingerprint density at radius 1 is 1.44 bits per heavy atom. The zero-order valence-corrected chi connectivity index (χ0v) is 9.92. The Labute approximate surface area is 105 Å². The molecule has 100 valence electrons. The number of carboxylic acid groups (broad SMARTS) is 1. The predicted molar refractivity (Wildman–Crippen MR) is 58.8 cm³/mol. The van der Waals surface area contributed by atoms with Gasteiger partial charge in [0.1, 0.15) is 6.61 Å². The molecule has 1 aromatic heterocycles. The van der Waals surface area contributed by atoms with Crippen LogP contribution in [0.2, 0.25) is 0 Å². The highest BCUT2D eigenvalue weighted by Crippen LogP contribution is 2.17. The van der Waals surface area contributed by atoms with Crippen LogP contribution in [0.3, 0.4) is 0 Å². The molecular formula is C10H10F3NO3S. The van der Waals surface area contributed by atoms with Gasteiger partial charge in [-0.3, -0.25) is 0 Å². The number of aromatic carboxylic acids is 1. The van der Waals surface area contributed by atoms with Crippen molar-refractivity contribution in [2.75, 3.05) is 19.0 Å². The maximum absolute atomic E-state index is 11.7. The van der Waals surface area contributed by atoms with E-state index >= 15 is 0 Å². The van der Waals surface area contributed by atoms with Crippen molar-refractivity contribution in [3.05, 3.63) is 23.9 Å². The molecule has 0 spiro atoms. The van der Waals surface area contributed by atoms with Gasteiger partial charge in [0.25, 0.3) is 0 Å². The van der Waals surface area contributed by atoms with Gasteiger partial charge in [-0.1, -0.05) is 0 Å². The third kappa shape index (κ3) is 5.87. The Bertz CT molecular complexity index is 394. The van der Waals surface area contributed by atoms with Crippen LogP contribution in [-0.4, -0.2) is 41.2 Å². The van der Waals surface area contributed by atoms with Gasteiger partial charge in [-0.2, -0.15) is 13.2 Å². The summed E-state index contributed by atoms with van der Waals surface area (Å²) in [6.45, 7) is -1.31. The second-order valence-electron chi connectivity index (χ2n) is 3.21. The van der Waals surface area contributed by atoms with Crippen LogP contribution in [0.25, 0.3) is 0 Å². The monoisotopic (exact) mass is 281 g/mol. The molecule has 0 aliphatic rings. The van der Waals surface area contributed by atoms with Gasteiger partial charge in [-0.25, -0.2) is 9.78 Å². The Kier molecular flexibility index (Phi) is 5.42. The Morgan fingerprint density at radius 2 is 2.17 bits per heavy atom. The fraction of sp³-hybridized carbons (Fsp3) is 0.400. The lowest BCUT2D eigenvalue weighted by Gasteiger charge is -2.06. The van der Waals surface area contributed by atoms with E-state index < -0.39 is 18.8 Å². The largest absolute Gasteiger partial charge is 0.478 e. The van der Waals surface area contributed by atoms with Gasteiger partial charge in [-0.15, -0.1) is 11.8 Å². The highest BCUT2D eigenvalue weighted by Gasteiger charge is 2.27. The second kappa shape index (κ2) is 6.60. The van der Waals surface area contributed by atoms with E-state index in [0.717, 1.165) is 0 Å². The molecule has 0 amide bonds. The smallest absolute Gasteiger partial charge is 0.411 e. The molecule has 1 heterocycles. The van der Waals surface area contributed by atoms with Gasteiger partial charge in [0.05, 0.1) is 17.2 Å². The number of aromatic nitrogens is 1. The van der Waals surface area contributed by atoms with Crippen LogP contribution in [0, 0.1) is 0 Å². The van der Waals surface area contributed by atoms with Crippen molar-refractivity contribution in [2.45, 2.75) is 11.2 Å². The zero-order valence-electron chi connectivity index (χ0n) is 9.11. The van der Waals surface area contributed by atoms with E-state index in [0.29, 0.717) is 10.8 Å². The average Bonchev–Trinajstić information content (AvgIpc) is 2.27. The third-order valence-electron chi connectivity index (χ3n) is 1.73. The van der Waals surface area contributed by atoms with Gasteiger partial charge in [0.2, 0.25) is 0 Å². The fourth-order valence-corrected chi connectivity index (χ4v) is 1.69. The fourth-order valence-electron chi connectivity index (χ4n) is 0.985. The van der Waals surface area contributed by atoms with Crippen LogP contribution in [-0.2, 0) is 4.74 Å². The number of alkyl halides is 3. The van der Waals surface area contributed by atoms with E-state index in [-0.39, 0.29) is 12.2 Å². The number of hydrogen-bond acceptors (Lipinski definition) is 4. The molecule has 1 rings (SSSR count). The number of rotatable bonds is 6. The molecule has 0 fully saturated rings. The van der Waals surface area contributed by atoms with Gasteiger partial charge < -0.3 is 9.84 Å². The summed E-state index contributed by atoms with van der Waals surface area (Å²) >= 11 is 1.20. The first-order chi connectivity index (χ1) is 8.38. The topological polar surface area (TPSA) is 59.4 Å². The number of thioether (sulfide) groups is 1. The lowest BCUT2D eigenvalue weighted by atomic mass is 10.3. The standard InChI is InChI=1S/C10H10F3NO3S/c11-10(12,13)6-17-3-4-18-8-2-1-7(5-14-8)9(15)16/h1-2,5H,3-4,6H2,(H,15,16). The summed E-state index contributed by atoms with van der Waals surface area (Å²) in [5.74, 6) is -0.761. The lowest BCUT2D eigenvalue weighted by Crippen LogP contribution is -2.17. The van der Waals surface area contributed by atoms with Gasteiger partial charge in [-0.05, 0) is 12.1 Å². The van der Waals surface area contributed by atoms with E-state index in [4.69, 9.17) is 5.11 Å². The van der Waals surface area contributed by atoms with Crippen LogP contribution in [0.1, 0.15) is 10.4 Å². The summed E-state index contributed by atoms with van der Waals surface area (Å²) in [6.07, 6.45) is -3.12. The number of carboxylic acids is 1. The molecule has 0 aromatic carbocycles. The Balaban J connectivity index is 2.25. The van der Waals surface area contributed by atoms with Crippen LogP contribution < -0.4 is 0 Å². The molecule has 1 aromatic rings. The summed E-state index contributed by atoms with van der Waals surface area (Å²) in [5.41, 5.74) is 0.0627. The number of ether oxygens (including phenoxy) is 1. The first-order valence-corrected chi connectivity index (χ1v) is 5.84. The SMILES string of the molecule is O=C(O)c1ccc(SCCOCC(F)(F)F)nc1. The van der Waals surface area contributed by atoms with Crippen molar-refractivity contribution >= 4 is 17.7 Å². The average molecular weight is 281 g/mol. The summed E-state index contributed by atoms with van der Waals surface area (Å²) in [5, 5.41) is 9.16. The molecular weight excluding hydrogens is 271 g/mol. The molecule has 0 radical (unpaired) electrons. The van der Waals surface area contributed by atoms with Crippen molar-refractivity contribution < 1.29 is 27.8 Å². The highest BCUT2D eigenvalue weighted by atomic mass is 32.2. The minimum Gasteiger partial charge on any atom is -0.478 e. The Morgan fingerprint density at radius 3 is 2.67 bits per heavy atom. The van der Waals surface area contributed by atoms with E-state index in [1.807, 2.05) is 0 Å². The minimum atomic E-state index is -4.31. The Hall–Kier alpha value is -1.28. The molecule has 18 heavy (non-hydrogen) atoms. The van der Waals surface area contributed by atoms with Crippen LogP contribution in [0.15, 0.2) is 23.4 Å². The maximum atomic E-state index is 11.7. The number of halogens is 3. The van der Waals surface area contributed by atoms with Gasteiger partial charge in [0.15, 0.2) is 0 Å². The zero-order chi connectivity index (χ0) is 13.6. The van der Waals surface area contributed by atoms with Crippen molar-refractivity contribution in [1.82, 2.24) is 4.98 Å². The van der Waals surface area contributed by atoms with E-state index in [2.05, 4.69) is 9.72 Å². The van der Waals surface area contributed by atoms with Crippen LogP contribution in [0.4, 0.5) is 13.2 Å². The minimum absolute atomic E-state index is 0.0491. The first kappa shape index (κ1) is 14.8. The highest BCUT2D eigenvalue weighted by molar-refractivity contribution is 7.99. The summed E-state index contributed by atoms with van der Waals surface area (Å²) in [6, 6.07) is 2.88. The number of pyridine rings is 1. The molecule has 8 heteroatoms. The van der Waals surface area contributed by atoms with Crippen molar-refractivity contribution in [2.24, 2.45) is 0 Å². The molecule has 0 atom stereocenters. The van der Waals surface area contributed by atoms with Gasteiger partial charge >= 0.3 is 12.1 Å². The summed E-state index contributed by atoms with van der Waals surface area (Å²) in [4.78, 5) is 14.4. The lowest BCUT2D eigenvalue weighted by molar-refractivity contribution is -0.172. The molecule has 0 saturated carbocycles. The molecule has 4 nitrogen and oxygen atoms in total. The first-order valence-electron chi connectivity index (χ1n) is 4.85. The van der Waals surface area contributed by atoms with Crippen LogP contribution >= 0.6 is 11.8 Å².